The molecule has 94 valence electrons. The van der Waals surface area contributed by atoms with Crippen molar-refractivity contribution in [2.24, 2.45) is 0 Å². The zero-order valence-electron chi connectivity index (χ0n) is 9.01. The number of carbonyl (C=O) groups is 1. The van der Waals surface area contributed by atoms with E-state index in [0.717, 1.165) is 0 Å². The second-order valence-corrected chi connectivity index (χ2v) is 3.13. The fraction of sp³-hybridized carbons (Fsp3) is 0.444. The van der Waals surface area contributed by atoms with Gasteiger partial charge in [0.15, 0.2) is 5.82 Å². The summed E-state index contributed by atoms with van der Waals surface area (Å²) in [4.78, 5) is 19.2. The maximum Gasteiger partial charge on any atom is 0.388 e. The number of rotatable bonds is 6. The Labute approximate surface area is 95.9 Å². The first kappa shape index (κ1) is 13.1. The van der Waals surface area contributed by atoms with E-state index in [2.05, 4.69) is 14.7 Å². The number of anilines is 1. The number of carboxylic acid groups (broad SMARTS) is 1. The first-order valence-electron chi connectivity index (χ1n) is 4.69. The molecule has 0 radical (unpaired) electrons. The molecule has 0 atom stereocenters. The quantitative estimate of drug-likeness (QED) is 0.807. The van der Waals surface area contributed by atoms with Crippen LogP contribution in [0.4, 0.5) is 14.6 Å². The third-order valence-electron chi connectivity index (χ3n) is 1.87. The smallest absolute Gasteiger partial charge is 0.388 e. The molecule has 17 heavy (non-hydrogen) atoms. The molecule has 1 aromatic rings. The van der Waals surface area contributed by atoms with Gasteiger partial charge in [-0.15, -0.1) is 0 Å². The van der Waals surface area contributed by atoms with Gasteiger partial charge in [0, 0.05) is 26.0 Å². The number of aromatic nitrogens is 2. The Bertz CT molecular complexity index is 390. The van der Waals surface area contributed by atoms with Crippen LogP contribution in [-0.4, -0.2) is 41.2 Å². The summed E-state index contributed by atoms with van der Waals surface area (Å²) in [6.45, 7) is -2.88. The molecule has 0 saturated heterocycles. The van der Waals surface area contributed by atoms with Gasteiger partial charge in [0.2, 0.25) is 0 Å². The molecule has 1 N–H and O–H groups in total. The molecule has 0 fully saturated rings. The monoisotopic (exact) mass is 247 g/mol. The van der Waals surface area contributed by atoms with Crippen LogP contribution in [0.3, 0.4) is 0 Å². The van der Waals surface area contributed by atoms with Gasteiger partial charge in [0.05, 0.1) is 6.42 Å². The third kappa shape index (κ3) is 4.17. The predicted octanol–water partition coefficient (Wildman–Crippen LogP) is 0.989. The van der Waals surface area contributed by atoms with E-state index >= 15 is 0 Å². The molecule has 0 bridgehead atoms. The average molecular weight is 247 g/mol. The van der Waals surface area contributed by atoms with Crippen molar-refractivity contribution in [2.45, 2.75) is 13.0 Å². The van der Waals surface area contributed by atoms with Crippen molar-refractivity contribution in [3.8, 4) is 5.88 Å². The van der Waals surface area contributed by atoms with Crippen LogP contribution in [0, 0.1) is 0 Å². The van der Waals surface area contributed by atoms with Crippen LogP contribution in [-0.2, 0) is 4.79 Å². The minimum Gasteiger partial charge on any atom is -0.481 e. The first-order valence-corrected chi connectivity index (χ1v) is 4.69. The Morgan fingerprint density at radius 3 is 2.76 bits per heavy atom. The molecular weight excluding hydrogens is 236 g/mol. The first-order chi connectivity index (χ1) is 8.00. The molecule has 0 unspecified atom stereocenters. The summed E-state index contributed by atoms with van der Waals surface area (Å²) in [6, 6.07) is 0. The van der Waals surface area contributed by atoms with Crippen molar-refractivity contribution in [1.29, 1.82) is 0 Å². The fourth-order valence-electron chi connectivity index (χ4n) is 1.12. The molecular formula is C9H11F2N3O3. The molecule has 0 aliphatic rings. The van der Waals surface area contributed by atoms with E-state index in [1.54, 1.807) is 0 Å². The molecule has 6 nitrogen and oxygen atoms in total. The minimum absolute atomic E-state index is 0.0778. The van der Waals surface area contributed by atoms with E-state index in [1.807, 2.05) is 0 Å². The molecule has 0 aromatic carbocycles. The Hall–Kier alpha value is -1.99. The highest BCUT2D eigenvalue weighted by Gasteiger charge is 2.15. The summed E-state index contributed by atoms with van der Waals surface area (Å²) in [5.41, 5.74) is 0. The lowest BCUT2D eigenvalue weighted by atomic mass is 10.4. The van der Waals surface area contributed by atoms with E-state index in [1.165, 1.54) is 24.3 Å². The maximum absolute atomic E-state index is 12.1. The van der Waals surface area contributed by atoms with Gasteiger partial charge < -0.3 is 14.7 Å². The Kier molecular flexibility index (Phi) is 4.56. The summed E-state index contributed by atoms with van der Waals surface area (Å²) in [6.07, 6.45) is 2.39. The zero-order valence-corrected chi connectivity index (χ0v) is 9.01. The van der Waals surface area contributed by atoms with Crippen molar-refractivity contribution in [2.75, 3.05) is 18.5 Å². The Morgan fingerprint density at radius 1 is 1.53 bits per heavy atom. The summed E-state index contributed by atoms with van der Waals surface area (Å²) in [5.74, 6) is -1.23. The molecule has 0 spiro atoms. The number of carboxylic acids is 1. The number of nitrogens with zero attached hydrogens (tertiary/aromatic N) is 3. The molecule has 1 aromatic heterocycles. The zero-order chi connectivity index (χ0) is 12.8. The summed E-state index contributed by atoms with van der Waals surface area (Å²) < 4.78 is 28.3. The van der Waals surface area contributed by atoms with Crippen LogP contribution in [0.2, 0.25) is 0 Å². The molecule has 0 aliphatic heterocycles. The van der Waals surface area contributed by atoms with Crippen molar-refractivity contribution < 1.29 is 23.4 Å². The van der Waals surface area contributed by atoms with Crippen molar-refractivity contribution >= 4 is 11.8 Å². The van der Waals surface area contributed by atoms with Crippen LogP contribution in [0.1, 0.15) is 6.42 Å². The topological polar surface area (TPSA) is 75.6 Å². The summed E-state index contributed by atoms with van der Waals surface area (Å²) in [5, 5.41) is 8.51. The lowest BCUT2D eigenvalue weighted by molar-refractivity contribution is -0.136. The van der Waals surface area contributed by atoms with E-state index in [-0.39, 0.29) is 24.7 Å². The third-order valence-corrected chi connectivity index (χ3v) is 1.87. The highest BCUT2D eigenvalue weighted by molar-refractivity contribution is 5.67. The fourth-order valence-corrected chi connectivity index (χ4v) is 1.12. The van der Waals surface area contributed by atoms with Crippen LogP contribution in [0.15, 0.2) is 12.4 Å². The standard InChI is InChI=1S/C9H11F2N3O3/c1-14(5-2-6(15)16)7-8(17-9(10)11)13-4-3-12-7/h3-4,9H,2,5H2,1H3,(H,15,16). The SMILES string of the molecule is CN(CCC(=O)O)c1nccnc1OC(F)F. The van der Waals surface area contributed by atoms with Gasteiger partial charge in [-0.3, -0.25) is 4.79 Å². The minimum atomic E-state index is -3.00. The van der Waals surface area contributed by atoms with Crippen LogP contribution in [0.5, 0.6) is 5.88 Å². The summed E-state index contributed by atoms with van der Waals surface area (Å²) >= 11 is 0. The van der Waals surface area contributed by atoms with Gasteiger partial charge in [0.25, 0.3) is 5.88 Å². The van der Waals surface area contributed by atoms with Gasteiger partial charge >= 0.3 is 12.6 Å². The second-order valence-electron chi connectivity index (χ2n) is 3.13. The van der Waals surface area contributed by atoms with Crippen molar-refractivity contribution in [3.63, 3.8) is 0 Å². The Morgan fingerprint density at radius 2 is 2.18 bits per heavy atom. The number of hydrogen-bond acceptors (Lipinski definition) is 5. The molecule has 1 heterocycles. The number of ether oxygens (including phenoxy) is 1. The normalized spacial score (nSPS) is 10.4. The maximum atomic E-state index is 12.1. The lowest BCUT2D eigenvalue weighted by Crippen LogP contribution is -2.23. The largest absolute Gasteiger partial charge is 0.481 e. The highest BCUT2D eigenvalue weighted by Crippen LogP contribution is 2.22. The van der Waals surface area contributed by atoms with Crippen LogP contribution < -0.4 is 9.64 Å². The van der Waals surface area contributed by atoms with E-state index in [9.17, 15) is 13.6 Å². The molecule has 1 rings (SSSR count). The average Bonchev–Trinajstić information content (AvgIpc) is 2.25. The molecule has 8 heteroatoms. The van der Waals surface area contributed by atoms with Crippen LogP contribution >= 0.6 is 0 Å². The highest BCUT2D eigenvalue weighted by atomic mass is 19.3. The van der Waals surface area contributed by atoms with Gasteiger partial charge in [-0.2, -0.15) is 8.78 Å². The predicted molar refractivity (Wildman–Crippen MR) is 54.2 cm³/mol. The molecule has 0 saturated carbocycles. The van der Waals surface area contributed by atoms with E-state index < -0.39 is 12.6 Å². The van der Waals surface area contributed by atoms with Crippen LogP contribution in [0.25, 0.3) is 0 Å². The molecule has 0 amide bonds. The van der Waals surface area contributed by atoms with Gasteiger partial charge in [0.1, 0.15) is 0 Å². The van der Waals surface area contributed by atoms with Gasteiger partial charge in [-0.25, -0.2) is 9.97 Å². The van der Waals surface area contributed by atoms with E-state index in [4.69, 9.17) is 5.11 Å². The van der Waals surface area contributed by atoms with Crippen molar-refractivity contribution in [3.05, 3.63) is 12.4 Å². The Balaban J connectivity index is 2.77. The van der Waals surface area contributed by atoms with Crippen molar-refractivity contribution in [1.82, 2.24) is 9.97 Å². The number of halogens is 2. The summed E-state index contributed by atoms with van der Waals surface area (Å²) in [7, 11) is 1.52. The number of hydrogen-bond donors (Lipinski definition) is 1. The van der Waals surface area contributed by atoms with Gasteiger partial charge in [-0.1, -0.05) is 0 Å². The number of aliphatic carboxylic acids is 1. The molecule has 0 aliphatic carbocycles. The second kappa shape index (κ2) is 5.92. The van der Waals surface area contributed by atoms with Gasteiger partial charge in [-0.05, 0) is 0 Å². The van der Waals surface area contributed by atoms with E-state index in [0.29, 0.717) is 0 Å². The lowest BCUT2D eigenvalue weighted by Gasteiger charge is -2.18. The number of alkyl halides is 2.